The molecular weight excluding hydrogens is 308 g/mol. The van der Waals surface area contributed by atoms with E-state index in [1.54, 1.807) is 0 Å². The van der Waals surface area contributed by atoms with Gasteiger partial charge in [0.25, 0.3) is 0 Å². The molecule has 6 nitrogen and oxygen atoms in total. The molecule has 0 bridgehead atoms. The van der Waals surface area contributed by atoms with Gasteiger partial charge in [0, 0.05) is 31.0 Å². The second-order valence-corrected chi connectivity index (χ2v) is 7.58. The average molecular weight is 336 g/mol. The molecule has 1 saturated heterocycles. The largest absolute Gasteiger partial charge is 0.481 e. The van der Waals surface area contributed by atoms with Gasteiger partial charge in [0.2, 0.25) is 11.8 Å². The molecule has 0 spiro atoms. The van der Waals surface area contributed by atoms with Gasteiger partial charge >= 0.3 is 5.97 Å². The number of carboxylic acid groups (broad SMARTS) is 1. The molecule has 2 aliphatic carbocycles. The summed E-state index contributed by atoms with van der Waals surface area (Å²) in [5.41, 5.74) is 0. The Labute approximate surface area is 143 Å². The van der Waals surface area contributed by atoms with Crippen LogP contribution in [0.3, 0.4) is 0 Å². The van der Waals surface area contributed by atoms with Crippen LogP contribution in [-0.4, -0.2) is 46.9 Å². The van der Waals surface area contributed by atoms with Crippen molar-refractivity contribution in [2.45, 2.75) is 63.8 Å². The lowest BCUT2D eigenvalue weighted by atomic mass is 9.77. The van der Waals surface area contributed by atoms with Crippen LogP contribution in [0.2, 0.25) is 0 Å². The molecule has 2 amide bonds. The molecule has 2 unspecified atom stereocenters. The summed E-state index contributed by atoms with van der Waals surface area (Å²) in [4.78, 5) is 38.5. The van der Waals surface area contributed by atoms with Crippen LogP contribution in [-0.2, 0) is 14.4 Å². The summed E-state index contributed by atoms with van der Waals surface area (Å²) in [6.45, 7) is 1.65. The highest BCUT2D eigenvalue weighted by Gasteiger charge is 2.40. The number of amides is 2. The lowest BCUT2D eigenvalue weighted by molar-refractivity contribution is -0.143. The quantitative estimate of drug-likeness (QED) is 0.819. The predicted octanol–water partition coefficient (Wildman–Crippen LogP) is 1.78. The Balaban J connectivity index is 1.59. The molecule has 24 heavy (non-hydrogen) atoms. The van der Waals surface area contributed by atoms with E-state index < -0.39 is 5.97 Å². The zero-order chi connectivity index (χ0) is 17.1. The third kappa shape index (κ3) is 3.73. The third-order valence-electron chi connectivity index (χ3n) is 5.97. The Morgan fingerprint density at radius 1 is 0.875 bits per heavy atom. The van der Waals surface area contributed by atoms with E-state index in [4.69, 9.17) is 5.11 Å². The van der Waals surface area contributed by atoms with Crippen molar-refractivity contribution in [3.8, 4) is 0 Å². The van der Waals surface area contributed by atoms with Crippen molar-refractivity contribution in [1.82, 2.24) is 10.2 Å². The number of hydrogen-bond acceptors (Lipinski definition) is 3. The number of carbonyl (C=O) groups is 3. The van der Waals surface area contributed by atoms with E-state index in [1.165, 1.54) is 0 Å². The number of hydrogen-bond donors (Lipinski definition) is 2. The first kappa shape index (κ1) is 17.2. The fourth-order valence-corrected chi connectivity index (χ4v) is 4.56. The summed E-state index contributed by atoms with van der Waals surface area (Å²) in [6, 6.07) is -0.0527. The Hall–Kier alpha value is -1.59. The molecule has 0 aromatic rings. The molecule has 1 heterocycles. The summed E-state index contributed by atoms with van der Waals surface area (Å²) in [5, 5.41) is 12.1. The number of carboxylic acids is 1. The summed E-state index contributed by atoms with van der Waals surface area (Å²) in [6.07, 6.45) is 7.56. The number of nitrogens with zero attached hydrogens (tertiary/aromatic N) is 1. The Kier molecular flexibility index (Phi) is 5.41. The normalized spacial score (nSPS) is 33.4. The van der Waals surface area contributed by atoms with Crippen LogP contribution in [0.1, 0.15) is 57.8 Å². The molecule has 0 aromatic heterocycles. The summed E-state index contributed by atoms with van der Waals surface area (Å²) >= 11 is 0. The van der Waals surface area contributed by atoms with Gasteiger partial charge in [-0.05, 0) is 44.9 Å². The minimum absolute atomic E-state index is 0.0386. The molecule has 0 aromatic carbocycles. The lowest BCUT2D eigenvalue weighted by Gasteiger charge is -2.33. The highest BCUT2D eigenvalue weighted by atomic mass is 16.4. The molecule has 6 heteroatoms. The number of rotatable bonds is 4. The van der Waals surface area contributed by atoms with Crippen molar-refractivity contribution >= 4 is 17.8 Å². The molecule has 1 aliphatic heterocycles. The molecule has 2 N–H and O–H groups in total. The van der Waals surface area contributed by atoms with Crippen molar-refractivity contribution in [3.05, 3.63) is 0 Å². The maximum Gasteiger partial charge on any atom is 0.306 e. The van der Waals surface area contributed by atoms with Crippen molar-refractivity contribution in [1.29, 1.82) is 0 Å². The first-order valence-electron chi connectivity index (χ1n) is 9.38. The Bertz CT molecular complexity index is 501. The lowest BCUT2D eigenvalue weighted by Crippen LogP contribution is -2.46. The average Bonchev–Trinajstić information content (AvgIpc) is 3.26. The van der Waals surface area contributed by atoms with Crippen LogP contribution >= 0.6 is 0 Å². The molecule has 2 saturated carbocycles. The van der Waals surface area contributed by atoms with Gasteiger partial charge in [-0.2, -0.15) is 0 Å². The zero-order valence-electron chi connectivity index (χ0n) is 14.2. The molecule has 3 fully saturated rings. The Morgan fingerprint density at radius 3 is 2.17 bits per heavy atom. The van der Waals surface area contributed by atoms with Gasteiger partial charge in [-0.1, -0.05) is 12.8 Å². The molecular formula is C18H28N2O4. The van der Waals surface area contributed by atoms with Gasteiger partial charge in [0.15, 0.2) is 0 Å². The summed E-state index contributed by atoms with van der Waals surface area (Å²) in [7, 11) is 0. The monoisotopic (exact) mass is 336 g/mol. The minimum atomic E-state index is -0.772. The van der Waals surface area contributed by atoms with E-state index in [-0.39, 0.29) is 35.6 Å². The van der Waals surface area contributed by atoms with Crippen LogP contribution in [0.4, 0.5) is 0 Å². The SMILES string of the molecule is O=C(N[C@H]1CC[C@@H](C(=O)O)C1)C1CCCCC1C(=O)N1CCCC1. The van der Waals surface area contributed by atoms with Crippen molar-refractivity contribution in [3.63, 3.8) is 0 Å². The number of carbonyl (C=O) groups excluding carboxylic acids is 2. The molecule has 3 aliphatic rings. The van der Waals surface area contributed by atoms with Gasteiger partial charge in [0.05, 0.1) is 5.92 Å². The van der Waals surface area contributed by atoms with E-state index in [1.807, 2.05) is 4.90 Å². The smallest absolute Gasteiger partial charge is 0.306 e. The van der Waals surface area contributed by atoms with Gasteiger partial charge in [-0.15, -0.1) is 0 Å². The molecule has 0 radical (unpaired) electrons. The second kappa shape index (κ2) is 7.53. The Morgan fingerprint density at radius 2 is 1.54 bits per heavy atom. The van der Waals surface area contributed by atoms with E-state index in [0.717, 1.165) is 58.0 Å². The minimum Gasteiger partial charge on any atom is -0.481 e. The maximum absolute atomic E-state index is 12.8. The highest BCUT2D eigenvalue weighted by molar-refractivity contribution is 5.88. The fraction of sp³-hybridized carbons (Fsp3) is 0.833. The molecule has 134 valence electrons. The number of aliphatic carboxylic acids is 1. The summed E-state index contributed by atoms with van der Waals surface area (Å²) < 4.78 is 0. The zero-order valence-corrected chi connectivity index (χ0v) is 14.2. The fourth-order valence-electron chi connectivity index (χ4n) is 4.56. The van der Waals surface area contributed by atoms with E-state index in [9.17, 15) is 14.4 Å². The van der Waals surface area contributed by atoms with Crippen LogP contribution < -0.4 is 5.32 Å². The highest BCUT2D eigenvalue weighted by Crippen LogP contribution is 2.33. The van der Waals surface area contributed by atoms with Gasteiger partial charge in [-0.25, -0.2) is 0 Å². The summed E-state index contributed by atoms with van der Waals surface area (Å²) in [5.74, 6) is -1.43. The van der Waals surface area contributed by atoms with E-state index >= 15 is 0 Å². The van der Waals surface area contributed by atoms with Crippen molar-refractivity contribution in [2.24, 2.45) is 17.8 Å². The maximum atomic E-state index is 12.8. The van der Waals surface area contributed by atoms with Crippen LogP contribution in [0.15, 0.2) is 0 Å². The van der Waals surface area contributed by atoms with E-state index in [2.05, 4.69) is 5.32 Å². The van der Waals surface area contributed by atoms with Crippen LogP contribution in [0.25, 0.3) is 0 Å². The standard InChI is InChI=1S/C18H28N2O4/c21-16(19-13-8-7-12(11-13)18(23)24)14-5-1-2-6-15(14)17(22)20-9-3-4-10-20/h12-15H,1-11H2,(H,19,21)(H,23,24)/t12-,13+,14?,15?/m1/s1. The topological polar surface area (TPSA) is 86.7 Å². The van der Waals surface area contributed by atoms with Gasteiger partial charge in [-0.3, -0.25) is 14.4 Å². The predicted molar refractivity (Wildman–Crippen MR) is 88.2 cm³/mol. The molecule has 3 rings (SSSR count). The number of likely N-dealkylation sites (tertiary alicyclic amines) is 1. The third-order valence-corrected chi connectivity index (χ3v) is 5.97. The van der Waals surface area contributed by atoms with Crippen molar-refractivity contribution < 1.29 is 19.5 Å². The van der Waals surface area contributed by atoms with Crippen molar-refractivity contribution in [2.75, 3.05) is 13.1 Å². The molecule has 4 atom stereocenters. The van der Waals surface area contributed by atoms with Gasteiger partial charge < -0.3 is 15.3 Å². The number of nitrogens with one attached hydrogen (secondary N) is 1. The van der Waals surface area contributed by atoms with Crippen LogP contribution in [0.5, 0.6) is 0 Å². The van der Waals surface area contributed by atoms with Crippen LogP contribution in [0, 0.1) is 17.8 Å². The first-order chi connectivity index (χ1) is 11.6. The van der Waals surface area contributed by atoms with E-state index in [0.29, 0.717) is 12.8 Å². The first-order valence-corrected chi connectivity index (χ1v) is 9.38. The van der Waals surface area contributed by atoms with Gasteiger partial charge in [0.1, 0.15) is 0 Å². The second-order valence-electron chi connectivity index (χ2n) is 7.58.